The summed E-state index contributed by atoms with van der Waals surface area (Å²) in [5.74, 6) is 0. The third-order valence-electron chi connectivity index (χ3n) is 2.31. The molecule has 0 fully saturated rings. The van der Waals surface area contributed by atoms with Gasteiger partial charge in [0.05, 0.1) is 19.3 Å². The van der Waals surface area contributed by atoms with Gasteiger partial charge in [-0.1, -0.05) is 16.4 Å². The van der Waals surface area contributed by atoms with Crippen LogP contribution in [0.2, 0.25) is 0 Å². The SMILES string of the molecule is COc1nnc(Cn2nc(C)cc(C(F)(F)F)c2=O)s1. The van der Waals surface area contributed by atoms with E-state index in [0.717, 1.165) is 22.1 Å². The van der Waals surface area contributed by atoms with Gasteiger partial charge >= 0.3 is 6.18 Å². The molecule has 0 saturated carbocycles. The summed E-state index contributed by atoms with van der Waals surface area (Å²) in [5, 5.41) is 11.7. The predicted octanol–water partition coefficient (Wildman–Crippen LogP) is 1.48. The maximum absolute atomic E-state index is 12.7. The molecule has 0 unspecified atom stereocenters. The van der Waals surface area contributed by atoms with E-state index in [1.54, 1.807) is 0 Å². The molecule has 0 aliphatic carbocycles. The first-order valence-corrected chi connectivity index (χ1v) is 6.15. The molecular formula is C10H9F3N4O2S. The first-order chi connectivity index (χ1) is 9.31. The predicted molar refractivity (Wildman–Crippen MR) is 63.8 cm³/mol. The van der Waals surface area contributed by atoms with Gasteiger partial charge in [0, 0.05) is 0 Å². The highest BCUT2D eigenvalue weighted by Crippen LogP contribution is 2.26. The Hall–Kier alpha value is -1.97. The molecule has 0 N–H and O–H groups in total. The van der Waals surface area contributed by atoms with E-state index in [1.807, 2.05) is 0 Å². The summed E-state index contributed by atoms with van der Waals surface area (Å²) in [4.78, 5) is 11.8. The van der Waals surface area contributed by atoms with Crippen molar-refractivity contribution in [2.45, 2.75) is 19.6 Å². The summed E-state index contributed by atoms with van der Waals surface area (Å²) >= 11 is 1.03. The number of halogens is 3. The molecule has 0 atom stereocenters. The lowest BCUT2D eigenvalue weighted by molar-refractivity contribution is -0.139. The van der Waals surface area contributed by atoms with Gasteiger partial charge in [0.25, 0.3) is 10.8 Å². The first-order valence-electron chi connectivity index (χ1n) is 5.33. The Morgan fingerprint density at radius 1 is 1.40 bits per heavy atom. The monoisotopic (exact) mass is 306 g/mol. The largest absolute Gasteiger partial charge is 0.472 e. The number of rotatable bonds is 3. The minimum absolute atomic E-state index is 0.0911. The number of aryl methyl sites for hydroxylation is 1. The van der Waals surface area contributed by atoms with Gasteiger partial charge in [-0.15, -0.1) is 5.10 Å². The molecule has 0 radical (unpaired) electrons. The number of ether oxygens (including phenoxy) is 1. The van der Waals surface area contributed by atoms with Crippen molar-refractivity contribution in [1.82, 2.24) is 20.0 Å². The highest BCUT2D eigenvalue weighted by atomic mass is 32.1. The lowest BCUT2D eigenvalue weighted by Gasteiger charge is -2.09. The summed E-state index contributed by atoms with van der Waals surface area (Å²) < 4.78 is 43.7. The Kier molecular flexibility index (Phi) is 3.75. The topological polar surface area (TPSA) is 69.9 Å². The fourth-order valence-corrected chi connectivity index (χ4v) is 2.13. The van der Waals surface area contributed by atoms with E-state index >= 15 is 0 Å². The molecule has 0 aromatic carbocycles. The Bertz CT molecular complexity index is 680. The van der Waals surface area contributed by atoms with Crippen LogP contribution in [-0.4, -0.2) is 27.1 Å². The second-order valence-electron chi connectivity index (χ2n) is 3.83. The number of alkyl halides is 3. The van der Waals surface area contributed by atoms with E-state index in [1.165, 1.54) is 14.0 Å². The fraction of sp³-hybridized carbons (Fsp3) is 0.400. The molecule has 0 bridgehead atoms. The quantitative estimate of drug-likeness (QED) is 0.859. The van der Waals surface area contributed by atoms with Gasteiger partial charge in [-0.3, -0.25) is 4.79 Å². The van der Waals surface area contributed by atoms with Crippen LogP contribution in [-0.2, 0) is 12.7 Å². The van der Waals surface area contributed by atoms with Crippen molar-refractivity contribution in [3.8, 4) is 5.19 Å². The van der Waals surface area contributed by atoms with Gasteiger partial charge < -0.3 is 4.74 Å². The molecule has 0 aliphatic rings. The van der Waals surface area contributed by atoms with Gasteiger partial charge in [0.2, 0.25) is 0 Å². The molecule has 108 valence electrons. The average molecular weight is 306 g/mol. The second-order valence-corrected chi connectivity index (χ2v) is 4.85. The van der Waals surface area contributed by atoms with Crippen LogP contribution >= 0.6 is 11.3 Å². The third-order valence-corrected chi connectivity index (χ3v) is 3.18. The molecule has 2 heterocycles. The van der Waals surface area contributed by atoms with Crippen LogP contribution < -0.4 is 10.3 Å². The summed E-state index contributed by atoms with van der Waals surface area (Å²) in [6.45, 7) is 1.19. The Morgan fingerprint density at radius 3 is 2.65 bits per heavy atom. The summed E-state index contributed by atoms with van der Waals surface area (Å²) in [7, 11) is 1.39. The first kappa shape index (κ1) is 14.4. The van der Waals surface area contributed by atoms with Crippen LogP contribution in [0.15, 0.2) is 10.9 Å². The van der Waals surface area contributed by atoms with Gasteiger partial charge in [-0.05, 0) is 13.0 Å². The lowest BCUT2D eigenvalue weighted by atomic mass is 10.2. The van der Waals surface area contributed by atoms with E-state index in [4.69, 9.17) is 4.74 Å². The molecule has 6 nitrogen and oxygen atoms in total. The van der Waals surface area contributed by atoms with Crippen molar-refractivity contribution in [3.63, 3.8) is 0 Å². The molecule has 0 spiro atoms. The smallest absolute Gasteiger partial charge is 0.421 e. The molecule has 2 aromatic rings. The molecule has 20 heavy (non-hydrogen) atoms. The highest BCUT2D eigenvalue weighted by molar-refractivity contribution is 7.13. The van der Waals surface area contributed by atoms with Gasteiger partial charge in [-0.2, -0.15) is 18.3 Å². The van der Waals surface area contributed by atoms with Gasteiger partial charge in [0.15, 0.2) is 0 Å². The van der Waals surface area contributed by atoms with Gasteiger partial charge in [0.1, 0.15) is 10.6 Å². The fourth-order valence-electron chi connectivity index (χ4n) is 1.50. The van der Waals surface area contributed by atoms with Crippen LogP contribution in [0.4, 0.5) is 13.2 Å². The van der Waals surface area contributed by atoms with Crippen LogP contribution in [0.3, 0.4) is 0 Å². The number of hydrogen-bond donors (Lipinski definition) is 0. The normalized spacial score (nSPS) is 11.7. The number of nitrogens with zero attached hydrogens (tertiary/aromatic N) is 4. The minimum atomic E-state index is -4.72. The van der Waals surface area contributed by atoms with Crippen LogP contribution in [0.25, 0.3) is 0 Å². The summed E-state index contributed by atoms with van der Waals surface area (Å²) in [6.07, 6.45) is -4.72. The minimum Gasteiger partial charge on any atom is -0.472 e. The highest BCUT2D eigenvalue weighted by Gasteiger charge is 2.35. The Labute approximate surface area is 114 Å². The third kappa shape index (κ3) is 2.95. The number of hydrogen-bond acceptors (Lipinski definition) is 6. The molecule has 2 aromatic heterocycles. The summed E-state index contributed by atoms with van der Waals surface area (Å²) in [6, 6.07) is 0.722. The second kappa shape index (κ2) is 5.19. The van der Waals surface area contributed by atoms with E-state index in [9.17, 15) is 18.0 Å². The maximum Gasteiger partial charge on any atom is 0.421 e. The standard InChI is InChI=1S/C10H9F3N4O2S/c1-5-3-6(10(11,12)13)8(18)17(16-5)4-7-14-15-9(19-2)20-7/h3H,4H2,1-2H3. The Balaban J connectivity index is 2.42. The van der Waals surface area contributed by atoms with E-state index in [-0.39, 0.29) is 17.4 Å². The van der Waals surface area contributed by atoms with Crippen molar-refractivity contribution in [3.05, 3.63) is 32.7 Å². The Morgan fingerprint density at radius 2 is 2.10 bits per heavy atom. The zero-order valence-corrected chi connectivity index (χ0v) is 11.2. The zero-order chi connectivity index (χ0) is 14.9. The number of aromatic nitrogens is 4. The molecule has 2 rings (SSSR count). The molecule has 10 heteroatoms. The average Bonchev–Trinajstić information content (AvgIpc) is 2.79. The van der Waals surface area contributed by atoms with E-state index in [0.29, 0.717) is 5.01 Å². The molecule has 0 amide bonds. The van der Waals surface area contributed by atoms with E-state index < -0.39 is 17.3 Å². The number of methoxy groups -OCH3 is 1. The van der Waals surface area contributed by atoms with Crippen molar-refractivity contribution in [2.75, 3.05) is 7.11 Å². The van der Waals surface area contributed by atoms with Crippen molar-refractivity contribution >= 4 is 11.3 Å². The molecule has 0 saturated heterocycles. The maximum atomic E-state index is 12.7. The molecular weight excluding hydrogens is 297 g/mol. The summed E-state index contributed by atoms with van der Waals surface area (Å²) in [5.41, 5.74) is -2.37. The van der Waals surface area contributed by atoms with Crippen molar-refractivity contribution < 1.29 is 17.9 Å². The molecule has 0 aliphatic heterocycles. The van der Waals surface area contributed by atoms with Crippen molar-refractivity contribution in [2.24, 2.45) is 0 Å². The van der Waals surface area contributed by atoms with E-state index in [2.05, 4.69) is 15.3 Å². The van der Waals surface area contributed by atoms with Crippen LogP contribution in [0.1, 0.15) is 16.3 Å². The van der Waals surface area contributed by atoms with Crippen LogP contribution in [0.5, 0.6) is 5.19 Å². The zero-order valence-electron chi connectivity index (χ0n) is 10.4. The van der Waals surface area contributed by atoms with Gasteiger partial charge in [-0.25, -0.2) is 4.68 Å². The van der Waals surface area contributed by atoms with Crippen molar-refractivity contribution in [1.29, 1.82) is 0 Å². The lowest BCUT2D eigenvalue weighted by Crippen LogP contribution is -2.31. The van der Waals surface area contributed by atoms with Crippen LogP contribution in [0, 0.1) is 6.92 Å².